The maximum Gasteiger partial charge on any atom is 0.256 e. The zero-order chi connectivity index (χ0) is 15.3. The summed E-state index contributed by atoms with van der Waals surface area (Å²) in [5.41, 5.74) is 0.301. The molecule has 0 aliphatic heterocycles. The average molecular weight is 300 g/mol. The molecule has 0 aliphatic rings. The van der Waals surface area contributed by atoms with Crippen molar-refractivity contribution in [1.29, 1.82) is 0 Å². The van der Waals surface area contributed by atoms with Gasteiger partial charge in [0.05, 0.1) is 30.3 Å². The van der Waals surface area contributed by atoms with Crippen LogP contribution in [0.5, 0.6) is 5.75 Å². The Bertz CT molecular complexity index is 469. The molecular weight excluding hydrogens is 278 g/mol. The maximum absolute atomic E-state index is 12.3. The molecule has 0 bridgehead atoms. The van der Waals surface area contributed by atoms with E-state index in [1.165, 1.54) is 7.11 Å². The molecule has 20 heavy (non-hydrogen) atoms. The van der Waals surface area contributed by atoms with Gasteiger partial charge in [-0.15, -0.1) is 0 Å². The normalized spacial score (nSPS) is 12.9. The minimum atomic E-state index is -0.337. The van der Waals surface area contributed by atoms with Crippen molar-refractivity contribution in [3.63, 3.8) is 0 Å². The molecule has 2 N–H and O–H groups in total. The van der Waals surface area contributed by atoms with E-state index in [-0.39, 0.29) is 24.0 Å². The average Bonchev–Trinajstić information content (AvgIpc) is 2.35. The summed E-state index contributed by atoms with van der Waals surface area (Å²) in [5, 5.41) is 12.5. The SMILES string of the molecule is COc1cccc(Cl)c1C(=O)NC(CO)CC(C)(C)C. The van der Waals surface area contributed by atoms with Crippen molar-refractivity contribution in [1.82, 2.24) is 5.32 Å². The molecule has 1 rings (SSSR count). The van der Waals surface area contributed by atoms with Crippen molar-refractivity contribution in [2.75, 3.05) is 13.7 Å². The van der Waals surface area contributed by atoms with E-state index in [4.69, 9.17) is 16.3 Å². The van der Waals surface area contributed by atoms with E-state index >= 15 is 0 Å². The molecular formula is C15H22ClNO3. The molecule has 0 saturated carbocycles. The third kappa shape index (κ3) is 4.69. The third-order valence-corrected chi connectivity index (χ3v) is 3.15. The second-order valence-corrected chi connectivity index (χ2v) is 6.34. The quantitative estimate of drug-likeness (QED) is 0.879. The molecule has 0 heterocycles. The van der Waals surface area contributed by atoms with Crippen LogP contribution in [0.3, 0.4) is 0 Å². The van der Waals surface area contributed by atoms with Crippen LogP contribution in [0.25, 0.3) is 0 Å². The highest BCUT2D eigenvalue weighted by Crippen LogP contribution is 2.27. The van der Waals surface area contributed by atoms with Crippen LogP contribution in [0.1, 0.15) is 37.6 Å². The van der Waals surface area contributed by atoms with Crippen LogP contribution >= 0.6 is 11.6 Å². The Morgan fingerprint density at radius 2 is 2.10 bits per heavy atom. The summed E-state index contributed by atoms with van der Waals surface area (Å²) in [6.07, 6.45) is 0.669. The fourth-order valence-electron chi connectivity index (χ4n) is 2.05. The molecule has 1 aromatic carbocycles. The highest BCUT2D eigenvalue weighted by molar-refractivity contribution is 6.34. The first-order valence-corrected chi connectivity index (χ1v) is 6.90. The van der Waals surface area contributed by atoms with Gasteiger partial charge < -0.3 is 15.2 Å². The standard InChI is InChI=1S/C15H22ClNO3/c1-15(2,3)8-10(9-18)17-14(19)13-11(16)6-5-7-12(13)20-4/h5-7,10,18H,8-9H2,1-4H3,(H,17,19). The summed E-state index contributed by atoms with van der Waals surface area (Å²) in [6, 6.07) is 4.72. The summed E-state index contributed by atoms with van der Waals surface area (Å²) < 4.78 is 5.16. The molecule has 0 aliphatic carbocycles. The monoisotopic (exact) mass is 299 g/mol. The Hall–Kier alpha value is -1.26. The Balaban J connectivity index is 2.90. The predicted octanol–water partition coefficient (Wildman–Crippen LogP) is 2.88. The molecule has 4 nitrogen and oxygen atoms in total. The number of rotatable bonds is 5. The van der Waals surface area contributed by atoms with Crippen LogP contribution in [0.4, 0.5) is 0 Å². The van der Waals surface area contributed by atoms with Gasteiger partial charge in [-0.2, -0.15) is 0 Å². The molecule has 1 aromatic rings. The zero-order valence-corrected chi connectivity index (χ0v) is 13.1. The van der Waals surface area contributed by atoms with E-state index in [0.717, 1.165) is 0 Å². The molecule has 1 amide bonds. The molecule has 0 saturated heterocycles. The Labute approximate surface area is 125 Å². The lowest BCUT2D eigenvalue weighted by molar-refractivity contribution is 0.0895. The van der Waals surface area contributed by atoms with Gasteiger partial charge in [-0.1, -0.05) is 38.4 Å². The van der Waals surface area contributed by atoms with Crippen LogP contribution in [0, 0.1) is 5.41 Å². The molecule has 5 heteroatoms. The number of carbonyl (C=O) groups is 1. The van der Waals surface area contributed by atoms with Crippen molar-refractivity contribution in [3.8, 4) is 5.75 Å². The maximum atomic E-state index is 12.3. The Morgan fingerprint density at radius 1 is 1.45 bits per heavy atom. The van der Waals surface area contributed by atoms with Crippen molar-refractivity contribution in [2.24, 2.45) is 5.41 Å². The van der Waals surface area contributed by atoms with Crippen molar-refractivity contribution in [3.05, 3.63) is 28.8 Å². The molecule has 112 valence electrons. The van der Waals surface area contributed by atoms with Gasteiger partial charge in [0, 0.05) is 0 Å². The van der Waals surface area contributed by atoms with Crippen molar-refractivity contribution >= 4 is 17.5 Å². The molecule has 0 fully saturated rings. The van der Waals surface area contributed by atoms with Gasteiger partial charge in [0.1, 0.15) is 5.75 Å². The number of amides is 1. The van der Waals surface area contributed by atoms with Gasteiger partial charge >= 0.3 is 0 Å². The van der Waals surface area contributed by atoms with Crippen LogP contribution in [0.2, 0.25) is 5.02 Å². The lowest BCUT2D eigenvalue weighted by atomic mass is 9.88. The lowest BCUT2D eigenvalue weighted by Gasteiger charge is -2.25. The summed E-state index contributed by atoms with van der Waals surface area (Å²) >= 11 is 6.06. The summed E-state index contributed by atoms with van der Waals surface area (Å²) in [6.45, 7) is 6.05. The summed E-state index contributed by atoms with van der Waals surface area (Å²) in [4.78, 5) is 12.3. The Morgan fingerprint density at radius 3 is 2.60 bits per heavy atom. The first-order chi connectivity index (χ1) is 9.28. The number of aliphatic hydroxyl groups excluding tert-OH is 1. The number of hydrogen-bond donors (Lipinski definition) is 2. The third-order valence-electron chi connectivity index (χ3n) is 2.84. The number of nitrogens with one attached hydrogen (secondary N) is 1. The van der Waals surface area contributed by atoms with Crippen LogP contribution in [-0.4, -0.2) is 30.8 Å². The van der Waals surface area contributed by atoms with E-state index < -0.39 is 0 Å². The van der Waals surface area contributed by atoms with Crippen LogP contribution < -0.4 is 10.1 Å². The van der Waals surface area contributed by atoms with E-state index in [9.17, 15) is 9.90 Å². The lowest BCUT2D eigenvalue weighted by Crippen LogP contribution is -2.40. The van der Waals surface area contributed by atoms with E-state index in [1.54, 1.807) is 18.2 Å². The second-order valence-electron chi connectivity index (χ2n) is 5.93. The minimum absolute atomic E-state index is 0.00520. The minimum Gasteiger partial charge on any atom is -0.496 e. The van der Waals surface area contributed by atoms with Crippen molar-refractivity contribution < 1.29 is 14.6 Å². The van der Waals surface area contributed by atoms with Gasteiger partial charge in [-0.05, 0) is 24.0 Å². The number of halogens is 1. The highest BCUT2D eigenvalue weighted by atomic mass is 35.5. The van der Waals surface area contributed by atoms with E-state index in [0.29, 0.717) is 22.8 Å². The summed E-state index contributed by atoms with van der Waals surface area (Å²) in [7, 11) is 1.49. The molecule has 1 unspecified atom stereocenters. The molecule has 0 spiro atoms. The largest absolute Gasteiger partial charge is 0.496 e. The molecule has 1 atom stereocenters. The number of carbonyl (C=O) groups excluding carboxylic acids is 1. The van der Waals surface area contributed by atoms with E-state index in [1.807, 2.05) is 0 Å². The van der Waals surface area contributed by atoms with Gasteiger partial charge in [0.25, 0.3) is 5.91 Å². The molecule has 0 aromatic heterocycles. The van der Waals surface area contributed by atoms with Gasteiger partial charge in [-0.25, -0.2) is 0 Å². The highest BCUT2D eigenvalue weighted by Gasteiger charge is 2.23. The smallest absolute Gasteiger partial charge is 0.256 e. The summed E-state index contributed by atoms with van der Waals surface area (Å²) in [5.74, 6) is 0.0817. The number of aliphatic hydroxyl groups is 1. The number of hydrogen-bond acceptors (Lipinski definition) is 3. The Kier molecular flexibility index (Phi) is 5.84. The van der Waals surface area contributed by atoms with Crippen LogP contribution in [-0.2, 0) is 0 Å². The number of methoxy groups -OCH3 is 1. The number of ether oxygens (including phenoxy) is 1. The van der Waals surface area contributed by atoms with E-state index in [2.05, 4.69) is 26.1 Å². The fraction of sp³-hybridized carbons (Fsp3) is 0.533. The fourth-order valence-corrected chi connectivity index (χ4v) is 2.30. The zero-order valence-electron chi connectivity index (χ0n) is 12.4. The number of benzene rings is 1. The van der Waals surface area contributed by atoms with Gasteiger partial charge in [0.2, 0.25) is 0 Å². The van der Waals surface area contributed by atoms with Crippen molar-refractivity contribution in [2.45, 2.75) is 33.2 Å². The van der Waals surface area contributed by atoms with Gasteiger partial charge in [0.15, 0.2) is 0 Å². The molecule has 0 radical (unpaired) electrons. The van der Waals surface area contributed by atoms with Gasteiger partial charge in [-0.3, -0.25) is 4.79 Å². The predicted molar refractivity (Wildman–Crippen MR) is 80.4 cm³/mol. The topological polar surface area (TPSA) is 58.6 Å². The van der Waals surface area contributed by atoms with Crippen LogP contribution in [0.15, 0.2) is 18.2 Å². The first-order valence-electron chi connectivity index (χ1n) is 6.52. The second kappa shape index (κ2) is 6.95. The first kappa shape index (κ1) is 16.8.